The highest BCUT2D eigenvalue weighted by Gasteiger charge is 2.23. The monoisotopic (exact) mass is 371 g/mol. The number of hydrogen-bond donors (Lipinski definition) is 1. The van der Waals surface area contributed by atoms with E-state index in [9.17, 15) is 0 Å². The van der Waals surface area contributed by atoms with Crippen LogP contribution in [0.25, 0.3) is 22.2 Å². The number of nitrogens with zero attached hydrogens (tertiary/aromatic N) is 4. The standard InChI is InChI=1S/C23H25N5/c1-14-7-15(2)13-28(12-14)23-11-25-19-6-5-17(9-21(19)27-23)16-3-4-18-10-22(24)26-20(18)8-16/h3-6,8-9,11,14-15H,7,10,12-13H2,1-2H3,(H2,24,26). The van der Waals surface area contributed by atoms with Crippen LogP contribution in [0, 0.1) is 11.8 Å². The lowest BCUT2D eigenvalue weighted by atomic mass is 9.92. The molecule has 28 heavy (non-hydrogen) atoms. The van der Waals surface area contributed by atoms with E-state index in [0.29, 0.717) is 17.7 Å². The molecule has 2 aliphatic heterocycles. The fraction of sp³-hybridized carbons (Fsp3) is 0.348. The van der Waals surface area contributed by atoms with Crippen molar-refractivity contribution in [1.82, 2.24) is 9.97 Å². The van der Waals surface area contributed by atoms with Crippen molar-refractivity contribution in [3.63, 3.8) is 0 Å². The maximum Gasteiger partial charge on any atom is 0.147 e. The predicted octanol–water partition coefficient (Wildman–Crippen LogP) is 4.32. The van der Waals surface area contributed by atoms with Gasteiger partial charge in [-0.05, 0) is 53.1 Å². The lowest BCUT2D eigenvalue weighted by molar-refractivity contribution is 0.355. The first kappa shape index (κ1) is 17.2. The third-order valence-electron chi connectivity index (χ3n) is 5.78. The summed E-state index contributed by atoms with van der Waals surface area (Å²) in [5.41, 5.74) is 12.2. The maximum atomic E-state index is 5.88. The Labute approximate surface area is 165 Å². The van der Waals surface area contributed by atoms with Gasteiger partial charge in [-0.15, -0.1) is 0 Å². The maximum absolute atomic E-state index is 5.88. The Morgan fingerprint density at radius 2 is 1.71 bits per heavy atom. The van der Waals surface area contributed by atoms with Gasteiger partial charge in [-0.25, -0.2) is 9.98 Å². The number of nitrogens with two attached hydrogens (primary N) is 1. The zero-order chi connectivity index (χ0) is 19.3. The van der Waals surface area contributed by atoms with Crippen LogP contribution in [-0.4, -0.2) is 28.9 Å². The average Bonchev–Trinajstić information content (AvgIpc) is 3.05. The minimum Gasteiger partial charge on any atom is -0.387 e. The Bertz CT molecular complexity index is 1080. The summed E-state index contributed by atoms with van der Waals surface area (Å²) < 4.78 is 0. The first-order valence-electron chi connectivity index (χ1n) is 10.0. The fourth-order valence-corrected chi connectivity index (χ4v) is 4.57. The molecule has 0 bridgehead atoms. The largest absolute Gasteiger partial charge is 0.387 e. The molecule has 1 saturated heterocycles. The number of amidine groups is 1. The lowest BCUT2D eigenvalue weighted by Crippen LogP contribution is -2.39. The normalized spacial score (nSPS) is 21.6. The molecule has 2 atom stereocenters. The highest BCUT2D eigenvalue weighted by atomic mass is 15.2. The first-order chi connectivity index (χ1) is 13.5. The first-order valence-corrected chi connectivity index (χ1v) is 10.0. The molecule has 3 heterocycles. The fourth-order valence-electron chi connectivity index (χ4n) is 4.57. The molecule has 5 rings (SSSR count). The average molecular weight is 371 g/mol. The van der Waals surface area contributed by atoms with Crippen LogP contribution in [0.3, 0.4) is 0 Å². The molecule has 0 amide bonds. The van der Waals surface area contributed by atoms with Crippen LogP contribution in [0.1, 0.15) is 25.8 Å². The topological polar surface area (TPSA) is 67.4 Å². The summed E-state index contributed by atoms with van der Waals surface area (Å²) in [5, 5.41) is 0. The molecule has 0 radical (unpaired) electrons. The van der Waals surface area contributed by atoms with Gasteiger partial charge in [-0.2, -0.15) is 0 Å². The van der Waals surface area contributed by atoms with Crippen LogP contribution in [0.4, 0.5) is 11.5 Å². The molecular formula is C23H25N5. The number of piperidine rings is 1. The molecular weight excluding hydrogens is 346 g/mol. The van der Waals surface area contributed by atoms with E-state index in [4.69, 9.17) is 10.7 Å². The Hall–Kier alpha value is -2.95. The van der Waals surface area contributed by atoms with Gasteiger partial charge in [0.25, 0.3) is 0 Å². The number of benzene rings is 2. The van der Waals surface area contributed by atoms with E-state index >= 15 is 0 Å². The summed E-state index contributed by atoms with van der Waals surface area (Å²) in [4.78, 5) is 16.5. The van der Waals surface area contributed by atoms with E-state index in [-0.39, 0.29) is 0 Å². The van der Waals surface area contributed by atoms with Gasteiger partial charge in [0.2, 0.25) is 0 Å². The van der Waals surface area contributed by atoms with Gasteiger partial charge in [0.1, 0.15) is 11.7 Å². The molecule has 2 unspecified atom stereocenters. The Balaban J connectivity index is 1.51. The Morgan fingerprint density at radius 1 is 0.964 bits per heavy atom. The molecule has 0 spiro atoms. The van der Waals surface area contributed by atoms with Crippen LogP contribution >= 0.6 is 0 Å². The van der Waals surface area contributed by atoms with E-state index in [2.05, 4.69) is 59.1 Å². The third kappa shape index (κ3) is 3.11. The van der Waals surface area contributed by atoms with Gasteiger partial charge in [-0.3, -0.25) is 4.98 Å². The van der Waals surface area contributed by atoms with Crippen molar-refractivity contribution in [2.45, 2.75) is 26.7 Å². The number of hydrogen-bond acceptors (Lipinski definition) is 5. The molecule has 5 nitrogen and oxygen atoms in total. The van der Waals surface area contributed by atoms with Gasteiger partial charge in [0, 0.05) is 19.5 Å². The Morgan fingerprint density at radius 3 is 2.54 bits per heavy atom. The summed E-state index contributed by atoms with van der Waals surface area (Å²) in [6.07, 6.45) is 3.95. The van der Waals surface area contributed by atoms with Crippen molar-refractivity contribution in [2.75, 3.05) is 18.0 Å². The number of rotatable bonds is 2. The Kier molecular flexibility index (Phi) is 4.04. The number of aliphatic imine (C=N–C) groups is 1. The second-order valence-electron chi connectivity index (χ2n) is 8.41. The van der Waals surface area contributed by atoms with Crippen molar-refractivity contribution in [2.24, 2.45) is 22.6 Å². The van der Waals surface area contributed by atoms with Crippen molar-refractivity contribution in [3.05, 3.63) is 48.2 Å². The summed E-state index contributed by atoms with van der Waals surface area (Å²) in [6, 6.07) is 12.7. The molecule has 142 valence electrons. The molecule has 0 saturated carbocycles. The summed E-state index contributed by atoms with van der Waals surface area (Å²) in [6.45, 7) is 6.74. The zero-order valence-electron chi connectivity index (χ0n) is 16.4. The molecule has 1 aromatic heterocycles. The number of aromatic nitrogens is 2. The van der Waals surface area contributed by atoms with Crippen LogP contribution in [0.5, 0.6) is 0 Å². The summed E-state index contributed by atoms with van der Waals surface area (Å²) in [7, 11) is 0. The molecule has 3 aromatic rings. The van der Waals surface area contributed by atoms with Gasteiger partial charge < -0.3 is 10.6 Å². The lowest BCUT2D eigenvalue weighted by Gasteiger charge is -2.35. The van der Waals surface area contributed by atoms with E-state index in [0.717, 1.165) is 53.2 Å². The molecule has 1 fully saturated rings. The summed E-state index contributed by atoms with van der Waals surface area (Å²) in [5.74, 6) is 3.04. The van der Waals surface area contributed by atoms with Crippen LogP contribution < -0.4 is 10.6 Å². The van der Waals surface area contributed by atoms with Crippen LogP contribution in [-0.2, 0) is 6.42 Å². The molecule has 2 N–H and O–H groups in total. The van der Waals surface area contributed by atoms with E-state index in [1.807, 2.05) is 12.3 Å². The second kappa shape index (κ2) is 6.59. The molecule has 2 aliphatic rings. The van der Waals surface area contributed by atoms with E-state index in [1.54, 1.807) is 0 Å². The minimum absolute atomic E-state index is 0.686. The van der Waals surface area contributed by atoms with Gasteiger partial charge in [-0.1, -0.05) is 32.0 Å². The van der Waals surface area contributed by atoms with E-state index < -0.39 is 0 Å². The minimum atomic E-state index is 0.686. The van der Waals surface area contributed by atoms with Crippen LogP contribution in [0.2, 0.25) is 0 Å². The highest BCUT2D eigenvalue weighted by Crippen LogP contribution is 2.32. The van der Waals surface area contributed by atoms with Gasteiger partial charge in [0.15, 0.2) is 0 Å². The molecule has 2 aromatic carbocycles. The summed E-state index contributed by atoms with van der Waals surface area (Å²) >= 11 is 0. The predicted molar refractivity (Wildman–Crippen MR) is 115 cm³/mol. The van der Waals surface area contributed by atoms with Crippen molar-refractivity contribution in [3.8, 4) is 11.1 Å². The SMILES string of the molecule is CC1CC(C)CN(c2cnc3ccc(-c4ccc5c(c4)N=C(N)C5)cc3n2)C1. The quantitative estimate of drug-likeness (QED) is 0.728. The van der Waals surface area contributed by atoms with Crippen LogP contribution in [0.15, 0.2) is 47.6 Å². The van der Waals surface area contributed by atoms with Gasteiger partial charge >= 0.3 is 0 Å². The van der Waals surface area contributed by atoms with Crippen molar-refractivity contribution >= 4 is 28.4 Å². The van der Waals surface area contributed by atoms with Crippen molar-refractivity contribution in [1.29, 1.82) is 0 Å². The van der Waals surface area contributed by atoms with Crippen molar-refractivity contribution < 1.29 is 0 Å². The second-order valence-corrected chi connectivity index (χ2v) is 8.41. The highest BCUT2D eigenvalue weighted by molar-refractivity contribution is 5.92. The zero-order valence-corrected chi connectivity index (χ0v) is 16.4. The van der Waals surface area contributed by atoms with Gasteiger partial charge in [0.05, 0.1) is 22.9 Å². The molecule has 0 aliphatic carbocycles. The number of anilines is 1. The smallest absolute Gasteiger partial charge is 0.147 e. The third-order valence-corrected chi connectivity index (χ3v) is 5.78. The number of fused-ring (bicyclic) bond motifs is 2. The molecule has 5 heteroatoms. The van der Waals surface area contributed by atoms with E-state index in [1.165, 1.54) is 12.0 Å².